The van der Waals surface area contributed by atoms with Crippen LogP contribution in [0.1, 0.15) is 24.1 Å². The van der Waals surface area contributed by atoms with Gasteiger partial charge in [-0.2, -0.15) is 0 Å². The number of nitrogens with two attached hydrogens (primary N) is 1. The zero-order valence-corrected chi connectivity index (χ0v) is 11.4. The molecule has 18 heavy (non-hydrogen) atoms. The van der Waals surface area contributed by atoms with Crippen LogP contribution in [0.15, 0.2) is 24.3 Å². The molecule has 1 atom stereocenters. The molecular formula is C13H18N2O2S. The highest BCUT2D eigenvalue weighted by Gasteiger charge is 2.11. The molecule has 1 aromatic carbocycles. The van der Waals surface area contributed by atoms with Crippen LogP contribution in [-0.4, -0.2) is 23.3 Å². The third kappa shape index (κ3) is 4.79. The average Bonchev–Trinajstić information content (AvgIpc) is 2.28. The second kappa shape index (κ2) is 7.06. The van der Waals surface area contributed by atoms with E-state index in [1.807, 2.05) is 38.1 Å². The van der Waals surface area contributed by atoms with Gasteiger partial charge in [-0.3, -0.25) is 9.59 Å². The minimum absolute atomic E-state index is 0.0344. The third-order valence-electron chi connectivity index (χ3n) is 2.51. The standard InChI is InChI=1S/C13H18N2O2S/c1-9-5-3-4-6-11(9)10(2)15-13(17)8-18-7-12(14)16/h3-6,10H,7-8H2,1-2H3,(H2,14,16)(H,15,17). The number of benzene rings is 1. The van der Waals surface area contributed by atoms with Gasteiger partial charge in [0.05, 0.1) is 17.5 Å². The minimum atomic E-state index is -0.403. The Labute approximate surface area is 111 Å². The van der Waals surface area contributed by atoms with E-state index in [1.54, 1.807) is 0 Å². The Hall–Kier alpha value is -1.49. The van der Waals surface area contributed by atoms with Gasteiger partial charge in [-0.05, 0) is 25.0 Å². The van der Waals surface area contributed by atoms with Crippen LogP contribution in [0.2, 0.25) is 0 Å². The Morgan fingerprint density at radius 1 is 1.33 bits per heavy atom. The van der Waals surface area contributed by atoms with Crippen LogP contribution in [0.4, 0.5) is 0 Å². The fourth-order valence-electron chi connectivity index (χ4n) is 1.68. The summed E-state index contributed by atoms with van der Waals surface area (Å²) in [5, 5.41) is 2.90. The summed E-state index contributed by atoms with van der Waals surface area (Å²) in [5.41, 5.74) is 7.25. The third-order valence-corrected chi connectivity index (χ3v) is 3.46. The van der Waals surface area contributed by atoms with Gasteiger partial charge in [-0.1, -0.05) is 24.3 Å². The van der Waals surface area contributed by atoms with E-state index in [0.29, 0.717) is 0 Å². The van der Waals surface area contributed by atoms with Crippen molar-refractivity contribution >= 4 is 23.6 Å². The maximum Gasteiger partial charge on any atom is 0.230 e. The average molecular weight is 266 g/mol. The molecule has 0 fully saturated rings. The molecule has 1 aromatic rings. The predicted octanol–water partition coefficient (Wildman–Crippen LogP) is 1.39. The Morgan fingerprint density at radius 3 is 2.61 bits per heavy atom. The lowest BCUT2D eigenvalue weighted by Crippen LogP contribution is -2.29. The van der Waals surface area contributed by atoms with Gasteiger partial charge >= 0.3 is 0 Å². The largest absolute Gasteiger partial charge is 0.369 e. The Morgan fingerprint density at radius 2 is 2.00 bits per heavy atom. The Bertz CT molecular complexity index is 435. The fraction of sp³-hybridized carbons (Fsp3) is 0.385. The summed E-state index contributed by atoms with van der Waals surface area (Å²) < 4.78 is 0. The molecule has 1 unspecified atom stereocenters. The van der Waals surface area contributed by atoms with E-state index in [0.717, 1.165) is 11.1 Å². The molecule has 0 saturated heterocycles. The van der Waals surface area contributed by atoms with E-state index in [4.69, 9.17) is 5.73 Å². The van der Waals surface area contributed by atoms with Crippen molar-refractivity contribution in [2.45, 2.75) is 19.9 Å². The van der Waals surface area contributed by atoms with E-state index >= 15 is 0 Å². The molecule has 0 saturated carbocycles. The number of hydrogen-bond donors (Lipinski definition) is 2. The van der Waals surface area contributed by atoms with E-state index < -0.39 is 5.91 Å². The van der Waals surface area contributed by atoms with Gasteiger partial charge in [0.25, 0.3) is 0 Å². The molecule has 1 rings (SSSR count). The highest BCUT2D eigenvalue weighted by molar-refractivity contribution is 8.00. The molecule has 0 bridgehead atoms. The molecule has 3 N–H and O–H groups in total. The van der Waals surface area contributed by atoms with Crippen LogP contribution in [0.5, 0.6) is 0 Å². The molecule has 0 aliphatic rings. The first-order valence-electron chi connectivity index (χ1n) is 5.71. The van der Waals surface area contributed by atoms with Gasteiger partial charge in [0, 0.05) is 0 Å². The summed E-state index contributed by atoms with van der Waals surface area (Å²) in [5.74, 6) is -0.0672. The van der Waals surface area contributed by atoms with Crippen molar-refractivity contribution in [2.75, 3.05) is 11.5 Å². The topological polar surface area (TPSA) is 72.2 Å². The Balaban J connectivity index is 2.45. The molecule has 0 aliphatic carbocycles. The lowest BCUT2D eigenvalue weighted by atomic mass is 10.0. The number of carbonyl (C=O) groups is 2. The van der Waals surface area contributed by atoms with Crippen molar-refractivity contribution in [3.05, 3.63) is 35.4 Å². The molecule has 0 aliphatic heterocycles. The summed E-state index contributed by atoms with van der Waals surface area (Å²) in [4.78, 5) is 22.2. The normalized spacial score (nSPS) is 11.9. The zero-order valence-electron chi connectivity index (χ0n) is 10.6. The maximum absolute atomic E-state index is 11.6. The molecule has 98 valence electrons. The van der Waals surface area contributed by atoms with Crippen molar-refractivity contribution in [3.63, 3.8) is 0 Å². The molecule has 0 spiro atoms. The number of amides is 2. The number of carbonyl (C=O) groups excluding carboxylic acids is 2. The van der Waals surface area contributed by atoms with Crippen molar-refractivity contribution in [1.82, 2.24) is 5.32 Å². The summed E-state index contributed by atoms with van der Waals surface area (Å²) in [6.07, 6.45) is 0. The molecular weight excluding hydrogens is 248 g/mol. The van der Waals surface area contributed by atoms with E-state index in [1.165, 1.54) is 11.8 Å². The lowest BCUT2D eigenvalue weighted by molar-refractivity contribution is -0.119. The van der Waals surface area contributed by atoms with Gasteiger partial charge in [0.15, 0.2) is 0 Å². The monoisotopic (exact) mass is 266 g/mol. The number of thioether (sulfide) groups is 1. The molecule has 5 heteroatoms. The number of hydrogen-bond acceptors (Lipinski definition) is 3. The fourth-order valence-corrected chi connectivity index (χ4v) is 2.25. The second-order valence-corrected chi connectivity index (χ2v) is 5.09. The number of primary amides is 1. The summed E-state index contributed by atoms with van der Waals surface area (Å²) in [6, 6.07) is 7.90. The van der Waals surface area contributed by atoms with Crippen molar-refractivity contribution < 1.29 is 9.59 Å². The Kier molecular flexibility index (Phi) is 5.71. The van der Waals surface area contributed by atoms with E-state index in [9.17, 15) is 9.59 Å². The summed E-state index contributed by atoms with van der Waals surface area (Å²) >= 11 is 1.22. The van der Waals surface area contributed by atoms with Crippen molar-refractivity contribution in [3.8, 4) is 0 Å². The minimum Gasteiger partial charge on any atom is -0.369 e. The predicted molar refractivity (Wildman–Crippen MR) is 74.3 cm³/mol. The van der Waals surface area contributed by atoms with Gasteiger partial charge in [-0.15, -0.1) is 11.8 Å². The summed E-state index contributed by atoms with van der Waals surface area (Å²) in [6.45, 7) is 3.96. The van der Waals surface area contributed by atoms with E-state index in [-0.39, 0.29) is 23.5 Å². The molecule has 4 nitrogen and oxygen atoms in total. The van der Waals surface area contributed by atoms with Crippen LogP contribution in [0.25, 0.3) is 0 Å². The quantitative estimate of drug-likeness (QED) is 0.817. The molecule has 0 heterocycles. The van der Waals surface area contributed by atoms with Gasteiger partial charge in [-0.25, -0.2) is 0 Å². The first kappa shape index (κ1) is 14.6. The van der Waals surface area contributed by atoms with Gasteiger partial charge in [0.1, 0.15) is 0 Å². The van der Waals surface area contributed by atoms with Crippen molar-refractivity contribution in [2.24, 2.45) is 5.73 Å². The second-order valence-electron chi connectivity index (χ2n) is 4.10. The van der Waals surface area contributed by atoms with Crippen LogP contribution in [0, 0.1) is 6.92 Å². The smallest absolute Gasteiger partial charge is 0.230 e. The first-order chi connectivity index (χ1) is 8.50. The first-order valence-corrected chi connectivity index (χ1v) is 6.87. The molecule has 0 aromatic heterocycles. The number of nitrogens with one attached hydrogen (secondary N) is 1. The van der Waals surface area contributed by atoms with Crippen LogP contribution >= 0.6 is 11.8 Å². The molecule has 2 amide bonds. The number of rotatable bonds is 6. The van der Waals surface area contributed by atoms with Gasteiger partial charge < -0.3 is 11.1 Å². The zero-order chi connectivity index (χ0) is 13.5. The van der Waals surface area contributed by atoms with Crippen LogP contribution < -0.4 is 11.1 Å². The lowest BCUT2D eigenvalue weighted by Gasteiger charge is -2.16. The van der Waals surface area contributed by atoms with E-state index in [2.05, 4.69) is 5.32 Å². The van der Waals surface area contributed by atoms with Crippen LogP contribution in [0.3, 0.4) is 0 Å². The summed E-state index contributed by atoms with van der Waals surface area (Å²) in [7, 11) is 0. The van der Waals surface area contributed by atoms with Crippen LogP contribution in [-0.2, 0) is 9.59 Å². The van der Waals surface area contributed by atoms with Crippen molar-refractivity contribution in [1.29, 1.82) is 0 Å². The maximum atomic E-state index is 11.6. The highest BCUT2D eigenvalue weighted by atomic mass is 32.2. The molecule has 0 radical (unpaired) electrons. The highest BCUT2D eigenvalue weighted by Crippen LogP contribution is 2.16. The van der Waals surface area contributed by atoms with Gasteiger partial charge in [0.2, 0.25) is 11.8 Å². The number of aryl methyl sites for hydroxylation is 1. The SMILES string of the molecule is Cc1ccccc1C(C)NC(=O)CSCC(N)=O.